The van der Waals surface area contributed by atoms with Crippen LogP contribution < -0.4 is 5.32 Å². The molecule has 3 rings (SSSR count). The van der Waals surface area contributed by atoms with E-state index in [0.29, 0.717) is 6.04 Å². The minimum Gasteiger partial charge on any atom is -0.383 e. The number of hydrogen-bond donors (Lipinski definition) is 1. The molecule has 1 fully saturated rings. The van der Waals surface area contributed by atoms with E-state index in [1.165, 1.54) is 43.6 Å². The number of benzene rings is 1. The third-order valence-corrected chi connectivity index (χ3v) is 4.79. The van der Waals surface area contributed by atoms with Gasteiger partial charge in [-0.3, -0.25) is 4.90 Å². The van der Waals surface area contributed by atoms with Crippen molar-refractivity contribution >= 4 is 5.69 Å². The Morgan fingerprint density at radius 3 is 3.00 bits per heavy atom. The second kappa shape index (κ2) is 5.51. The molecule has 0 amide bonds. The first kappa shape index (κ1) is 12.9. The molecule has 0 aliphatic carbocycles. The maximum atomic E-state index is 3.57. The first-order valence-electron chi connectivity index (χ1n) is 7.46. The molecule has 3 nitrogen and oxygen atoms in total. The molecule has 1 aromatic rings. The lowest BCUT2D eigenvalue weighted by molar-refractivity contribution is 0.179. The molecular formula is C16H25N3. The van der Waals surface area contributed by atoms with Gasteiger partial charge in [0.1, 0.15) is 0 Å². The number of nitrogens with zero attached hydrogens (tertiary/aromatic N) is 2. The third kappa shape index (κ3) is 2.77. The summed E-state index contributed by atoms with van der Waals surface area (Å²) in [6.45, 7) is 3.54. The predicted octanol–water partition coefficient (Wildman–Crippen LogP) is 2.05. The van der Waals surface area contributed by atoms with Gasteiger partial charge in [0.2, 0.25) is 0 Å². The molecule has 1 aromatic carbocycles. The third-order valence-electron chi connectivity index (χ3n) is 4.79. The van der Waals surface area contributed by atoms with Crippen molar-refractivity contribution in [2.45, 2.75) is 31.3 Å². The Morgan fingerprint density at radius 2 is 2.21 bits per heavy atom. The summed E-state index contributed by atoms with van der Waals surface area (Å²) in [4.78, 5) is 5.07. The molecule has 2 aliphatic heterocycles. The van der Waals surface area contributed by atoms with Gasteiger partial charge in [-0.05, 0) is 51.5 Å². The van der Waals surface area contributed by atoms with Crippen molar-refractivity contribution in [2.75, 3.05) is 39.0 Å². The Kier molecular flexibility index (Phi) is 3.76. The lowest BCUT2D eigenvalue weighted by atomic mass is 9.98. The highest BCUT2D eigenvalue weighted by molar-refractivity contribution is 5.53. The van der Waals surface area contributed by atoms with Gasteiger partial charge in [-0.15, -0.1) is 0 Å². The van der Waals surface area contributed by atoms with Crippen molar-refractivity contribution in [2.24, 2.45) is 0 Å². The maximum absolute atomic E-state index is 3.57. The molecule has 0 saturated carbocycles. The van der Waals surface area contributed by atoms with Crippen molar-refractivity contribution < 1.29 is 0 Å². The van der Waals surface area contributed by atoms with Gasteiger partial charge in [0.05, 0.1) is 0 Å². The van der Waals surface area contributed by atoms with E-state index >= 15 is 0 Å². The first-order valence-corrected chi connectivity index (χ1v) is 7.46. The fourth-order valence-electron chi connectivity index (χ4n) is 3.43. The summed E-state index contributed by atoms with van der Waals surface area (Å²) in [5, 5.41) is 3.57. The summed E-state index contributed by atoms with van der Waals surface area (Å²) in [5.74, 6) is 0. The molecule has 2 atom stereocenters. The number of para-hydroxylation sites is 1. The molecule has 104 valence electrons. The van der Waals surface area contributed by atoms with Crippen LogP contribution in [0.25, 0.3) is 0 Å². The summed E-state index contributed by atoms with van der Waals surface area (Å²) in [6, 6.07) is 10.1. The van der Waals surface area contributed by atoms with Crippen molar-refractivity contribution in [3.63, 3.8) is 0 Å². The molecule has 0 spiro atoms. The van der Waals surface area contributed by atoms with Crippen molar-refractivity contribution in [3.05, 3.63) is 29.8 Å². The minimum absolute atomic E-state index is 0.629. The molecular weight excluding hydrogens is 234 g/mol. The van der Waals surface area contributed by atoms with Gasteiger partial charge >= 0.3 is 0 Å². The summed E-state index contributed by atoms with van der Waals surface area (Å²) in [6.07, 6.45) is 3.90. The van der Waals surface area contributed by atoms with Crippen molar-refractivity contribution in [1.29, 1.82) is 0 Å². The van der Waals surface area contributed by atoms with Crippen LogP contribution in [0, 0.1) is 0 Å². The quantitative estimate of drug-likeness (QED) is 0.896. The zero-order valence-corrected chi connectivity index (χ0v) is 12.1. The molecule has 2 unspecified atom stereocenters. The van der Waals surface area contributed by atoms with Gasteiger partial charge in [-0.2, -0.15) is 0 Å². The predicted molar refractivity (Wildman–Crippen MR) is 80.7 cm³/mol. The number of anilines is 1. The van der Waals surface area contributed by atoms with Gasteiger partial charge in [0.15, 0.2) is 0 Å². The Balaban J connectivity index is 1.61. The SMILES string of the molecule is CN1CCCC1CN(C)C1CNc2ccccc2C1. The van der Waals surface area contributed by atoms with Gasteiger partial charge < -0.3 is 10.2 Å². The largest absolute Gasteiger partial charge is 0.383 e. The molecule has 0 bridgehead atoms. The van der Waals surface area contributed by atoms with Crippen LogP contribution in [0.5, 0.6) is 0 Å². The second-order valence-electron chi connectivity index (χ2n) is 6.11. The normalized spacial score (nSPS) is 27.3. The Hall–Kier alpha value is -1.06. The maximum Gasteiger partial charge on any atom is 0.0373 e. The number of hydrogen-bond acceptors (Lipinski definition) is 3. The van der Waals surface area contributed by atoms with Crippen LogP contribution in [0.2, 0.25) is 0 Å². The Morgan fingerprint density at radius 1 is 1.37 bits per heavy atom. The van der Waals surface area contributed by atoms with E-state index < -0.39 is 0 Å². The van der Waals surface area contributed by atoms with Crippen LogP contribution in [-0.2, 0) is 6.42 Å². The number of rotatable bonds is 3. The van der Waals surface area contributed by atoms with E-state index in [0.717, 1.165) is 12.6 Å². The van der Waals surface area contributed by atoms with E-state index in [2.05, 4.69) is 53.5 Å². The second-order valence-corrected chi connectivity index (χ2v) is 6.11. The number of likely N-dealkylation sites (N-methyl/N-ethyl adjacent to an activating group) is 2. The van der Waals surface area contributed by atoms with Crippen LogP contribution in [0.1, 0.15) is 18.4 Å². The molecule has 3 heteroatoms. The van der Waals surface area contributed by atoms with Crippen LogP contribution in [0.4, 0.5) is 5.69 Å². The molecule has 2 heterocycles. The molecule has 0 radical (unpaired) electrons. The first-order chi connectivity index (χ1) is 9.24. The van der Waals surface area contributed by atoms with Gasteiger partial charge in [0, 0.05) is 30.9 Å². The number of nitrogens with one attached hydrogen (secondary N) is 1. The fourth-order valence-corrected chi connectivity index (χ4v) is 3.43. The zero-order chi connectivity index (χ0) is 13.2. The summed E-state index contributed by atoms with van der Waals surface area (Å²) < 4.78 is 0. The summed E-state index contributed by atoms with van der Waals surface area (Å²) in [5.41, 5.74) is 2.79. The standard InChI is InChI=1S/C16H25N3/c1-18-9-5-7-14(18)12-19(2)15-10-13-6-3-4-8-16(13)17-11-15/h3-4,6,8,14-15,17H,5,7,9-12H2,1-2H3. The summed E-state index contributed by atoms with van der Waals surface area (Å²) >= 11 is 0. The lowest BCUT2D eigenvalue weighted by Crippen LogP contribution is -2.46. The zero-order valence-electron chi connectivity index (χ0n) is 12.1. The van der Waals surface area contributed by atoms with Crippen molar-refractivity contribution in [1.82, 2.24) is 9.80 Å². The number of likely N-dealkylation sites (tertiary alicyclic amines) is 1. The topological polar surface area (TPSA) is 18.5 Å². The molecule has 0 aromatic heterocycles. The monoisotopic (exact) mass is 259 g/mol. The van der Waals surface area contributed by atoms with E-state index in [1.807, 2.05) is 0 Å². The smallest absolute Gasteiger partial charge is 0.0373 e. The lowest BCUT2D eigenvalue weighted by Gasteiger charge is -2.35. The highest BCUT2D eigenvalue weighted by Crippen LogP contribution is 2.24. The van der Waals surface area contributed by atoms with Crippen LogP contribution in [0.3, 0.4) is 0 Å². The fraction of sp³-hybridized carbons (Fsp3) is 0.625. The highest BCUT2D eigenvalue weighted by Gasteiger charge is 2.27. The molecule has 2 aliphatic rings. The average molecular weight is 259 g/mol. The van der Waals surface area contributed by atoms with E-state index in [4.69, 9.17) is 0 Å². The van der Waals surface area contributed by atoms with Gasteiger partial charge in [-0.25, -0.2) is 0 Å². The van der Waals surface area contributed by atoms with Crippen LogP contribution >= 0.6 is 0 Å². The van der Waals surface area contributed by atoms with Gasteiger partial charge in [-0.1, -0.05) is 18.2 Å². The molecule has 19 heavy (non-hydrogen) atoms. The Labute approximate surface area is 116 Å². The van der Waals surface area contributed by atoms with Crippen LogP contribution in [-0.4, -0.2) is 55.6 Å². The van der Waals surface area contributed by atoms with Crippen molar-refractivity contribution in [3.8, 4) is 0 Å². The van der Waals surface area contributed by atoms with Crippen LogP contribution in [0.15, 0.2) is 24.3 Å². The summed E-state index contributed by atoms with van der Waals surface area (Å²) in [7, 11) is 4.55. The minimum atomic E-state index is 0.629. The highest BCUT2D eigenvalue weighted by atomic mass is 15.2. The van der Waals surface area contributed by atoms with Gasteiger partial charge in [0.25, 0.3) is 0 Å². The molecule has 1 N–H and O–H groups in total. The van der Waals surface area contributed by atoms with E-state index in [1.54, 1.807) is 0 Å². The van der Waals surface area contributed by atoms with E-state index in [9.17, 15) is 0 Å². The molecule has 1 saturated heterocycles. The van der Waals surface area contributed by atoms with E-state index in [-0.39, 0.29) is 0 Å². The number of fused-ring (bicyclic) bond motifs is 1. The Bertz CT molecular complexity index is 432. The average Bonchev–Trinajstić information content (AvgIpc) is 2.84.